The summed E-state index contributed by atoms with van der Waals surface area (Å²) in [5.74, 6) is 5.67. The second-order valence-electron chi connectivity index (χ2n) is 5.64. The second kappa shape index (κ2) is 5.58. The topological polar surface area (TPSA) is 12.0 Å². The summed E-state index contributed by atoms with van der Waals surface area (Å²) in [6.45, 7) is 6.01. The molecule has 0 amide bonds. The first-order valence-electron chi connectivity index (χ1n) is 6.57. The van der Waals surface area contributed by atoms with Gasteiger partial charge in [-0.1, -0.05) is 13.8 Å². The van der Waals surface area contributed by atoms with Crippen LogP contribution in [0.25, 0.3) is 0 Å². The van der Waals surface area contributed by atoms with Crippen molar-refractivity contribution in [3.63, 3.8) is 0 Å². The summed E-state index contributed by atoms with van der Waals surface area (Å²) >= 11 is 2.13. The summed E-state index contributed by atoms with van der Waals surface area (Å²) in [6, 6.07) is 0.854. The first-order valence-corrected chi connectivity index (χ1v) is 7.72. The minimum absolute atomic E-state index is 0.854. The molecule has 1 aliphatic carbocycles. The van der Waals surface area contributed by atoms with Gasteiger partial charge < -0.3 is 5.32 Å². The van der Waals surface area contributed by atoms with Crippen LogP contribution >= 0.6 is 11.8 Å². The summed E-state index contributed by atoms with van der Waals surface area (Å²) in [6.07, 6.45) is 5.74. The lowest BCUT2D eigenvalue weighted by Crippen LogP contribution is -2.45. The van der Waals surface area contributed by atoms with Crippen molar-refractivity contribution < 1.29 is 0 Å². The van der Waals surface area contributed by atoms with E-state index in [1.165, 1.54) is 43.7 Å². The molecular weight excluding hydrogens is 202 g/mol. The summed E-state index contributed by atoms with van der Waals surface area (Å²) in [7, 11) is 0. The van der Waals surface area contributed by atoms with E-state index in [-0.39, 0.29) is 0 Å². The van der Waals surface area contributed by atoms with Crippen LogP contribution in [0.2, 0.25) is 0 Å². The quantitative estimate of drug-likeness (QED) is 0.792. The van der Waals surface area contributed by atoms with Gasteiger partial charge in [0.25, 0.3) is 0 Å². The van der Waals surface area contributed by atoms with Crippen LogP contribution in [0.3, 0.4) is 0 Å². The van der Waals surface area contributed by atoms with E-state index >= 15 is 0 Å². The third-order valence-electron chi connectivity index (χ3n) is 4.15. The van der Waals surface area contributed by atoms with Crippen LogP contribution in [0.1, 0.15) is 39.5 Å². The maximum absolute atomic E-state index is 3.76. The molecule has 0 aromatic heterocycles. The molecule has 2 fully saturated rings. The molecule has 0 aromatic carbocycles. The van der Waals surface area contributed by atoms with E-state index in [1.807, 2.05) is 0 Å². The normalized spacial score (nSPS) is 33.0. The Bertz CT molecular complexity index is 181. The minimum atomic E-state index is 0.854. The van der Waals surface area contributed by atoms with Gasteiger partial charge in [0.05, 0.1) is 0 Å². The molecule has 1 aliphatic heterocycles. The summed E-state index contributed by atoms with van der Waals surface area (Å²) in [4.78, 5) is 0. The zero-order chi connectivity index (χ0) is 10.7. The van der Waals surface area contributed by atoms with E-state index in [0.717, 1.165) is 23.8 Å². The predicted octanol–water partition coefficient (Wildman–Crippen LogP) is 3.15. The van der Waals surface area contributed by atoms with Crippen molar-refractivity contribution in [2.75, 3.05) is 18.1 Å². The maximum Gasteiger partial charge on any atom is 0.00726 e. The van der Waals surface area contributed by atoms with Gasteiger partial charge in [0.15, 0.2) is 0 Å². The van der Waals surface area contributed by atoms with Gasteiger partial charge in [0, 0.05) is 6.04 Å². The van der Waals surface area contributed by atoms with E-state index in [2.05, 4.69) is 30.9 Å². The highest BCUT2D eigenvalue weighted by atomic mass is 32.2. The van der Waals surface area contributed by atoms with Gasteiger partial charge >= 0.3 is 0 Å². The standard InChI is InChI=1S/C13H25NS/c1-10(2)12-7-13(8-12)14-9-11-3-5-15-6-4-11/h10-14H,3-9H2,1-2H3. The van der Waals surface area contributed by atoms with Crippen LogP contribution in [-0.2, 0) is 0 Å². The molecule has 1 N–H and O–H groups in total. The molecule has 2 rings (SSSR count). The molecule has 88 valence electrons. The van der Waals surface area contributed by atoms with Crippen LogP contribution in [0.5, 0.6) is 0 Å². The van der Waals surface area contributed by atoms with Gasteiger partial charge in [-0.15, -0.1) is 0 Å². The van der Waals surface area contributed by atoms with E-state index in [4.69, 9.17) is 0 Å². The smallest absolute Gasteiger partial charge is 0.00726 e. The molecule has 2 heteroatoms. The largest absolute Gasteiger partial charge is 0.314 e. The van der Waals surface area contributed by atoms with Crippen LogP contribution in [-0.4, -0.2) is 24.1 Å². The lowest BCUT2D eigenvalue weighted by Gasteiger charge is -2.39. The van der Waals surface area contributed by atoms with E-state index < -0.39 is 0 Å². The second-order valence-corrected chi connectivity index (χ2v) is 6.86. The van der Waals surface area contributed by atoms with Gasteiger partial charge in [0.1, 0.15) is 0 Å². The number of rotatable bonds is 4. The first-order chi connectivity index (χ1) is 7.25. The summed E-state index contributed by atoms with van der Waals surface area (Å²) < 4.78 is 0. The predicted molar refractivity (Wildman–Crippen MR) is 69.4 cm³/mol. The molecule has 0 bridgehead atoms. The fraction of sp³-hybridized carbons (Fsp3) is 1.00. The highest BCUT2D eigenvalue weighted by Gasteiger charge is 2.31. The molecule has 15 heavy (non-hydrogen) atoms. The summed E-state index contributed by atoms with van der Waals surface area (Å²) in [5.41, 5.74) is 0. The lowest BCUT2D eigenvalue weighted by molar-refractivity contribution is 0.163. The molecule has 0 spiro atoms. The van der Waals surface area contributed by atoms with Gasteiger partial charge in [-0.25, -0.2) is 0 Å². The molecule has 1 saturated heterocycles. The molecule has 0 unspecified atom stereocenters. The average molecular weight is 227 g/mol. The van der Waals surface area contributed by atoms with Crippen molar-refractivity contribution in [2.45, 2.75) is 45.6 Å². The van der Waals surface area contributed by atoms with Crippen molar-refractivity contribution >= 4 is 11.8 Å². The van der Waals surface area contributed by atoms with Crippen molar-refractivity contribution in [2.24, 2.45) is 17.8 Å². The Morgan fingerprint density at radius 3 is 2.47 bits per heavy atom. The molecule has 0 radical (unpaired) electrons. The molecule has 1 heterocycles. The van der Waals surface area contributed by atoms with Gasteiger partial charge in [-0.05, 0) is 61.5 Å². The highest BCUT2D eigenvalue weighted by Crippen LogP contribution is 2.33. The Morgan fingerprint density at radius 1 is 1.20 bits per heavy atom. The molecule has 1 nitrogen and oxygen atoms in total. The van der Waals surface area contributed by atoms with Crippen molar-refractivity contribution in [3.8, 4) is 0 Å². The Balaban J connectivity index is 1.55. The summed E-state index contributed by atoms with van der Waals surface area (Å²) in [5, 5.41) is 3.76. The maximum atomic E-state index is 3.76. The van der Waals surface area contributed by atoms with Crippen molar-refractivity contribution in [1.82, 2.24) is 5.32 Å². The third-order valence-corrected chi connectivity index (χ3v) is 5.20. The Morgan fingerprint density at radius 2 is 1.87 bits per heavy atom. The fourth-order valence-corrected chi connectivity index (χ4v) is 3.86. The molecule has 0 aromatic rings. The molecule has 1 saturated carbocycles. The number of thioether (sulfide) groups is 1. The van der Waals surface area contributed by atoms with Crippen LogP contribution < -0.4 is 5.32 Å². The zero-order valence-corrected chi connectivity index (χ0v) is 11.0. The molecule has 0 atom stereocenters. The first kappa shape index (κ1) is 11.8. The van der Waals surface area contributed by atoms with Gasteiger partial charge in [0.2, 0.25) is 0 Å². The molecule has 2 aliphatic rings. The SMILES string of the molecule is CC(C)C1CC(NCC2CCSCC2)C1. The lowest BCUT2D eigenvalue weighted by atomic mass is 9.73. The van der Waals surface area contributed by atoms with E-state index in [9.17, 15) is 0 Å². The van der Waals surface area contributed by atoms with Crippen LogP contribution in [0.15, 0.2) is 0 Å². The van der Waals surface area contributed by atoms with E-state index in [1.54, 1.807) is 0 Å². The molecular formula is C13H25NS. The van der Waals surface area contributed by atoms with Crippen molar-refractivity contribution in [1.29, 1.82) is 0 Å². The number of hydrogen-bond donors (Lipinski definition) is 1. The van der Waals surface area contributed by atoms with Crippen molar-refractivity contribution in [3.05, 3.63) is 0 Å². The Kier molecular flexibility index (Phi) is 4.39. The zero-order valence-electron chi connectivity index (χ0n) is 10.2. The number of nitrogens with one attached hydrogen (secondary N) is 1. The number of hydrogen-bond acceptors (Lipinski definition) is 2. The fourth-order valence-electron chi connectivity index (χ4n) is 2.66. The monoisotopic (exact) mass is 227 g/mol. The van der Waals surface area contributed by atoms with Crippen LogP contribution in [0, 0.1) is 17.8 Å². The minimum Gasteiger partial charge on any atom is -0.314 e. The van der Waals surface area contributed by atoms with Gasteiger partial charge in [-0.2, -0.15) is 11.8 Å². The van der Waals surface area contributed by atoms with Gasteiger partial charge in [-0.3, -0.25) is 0 Å². The Hall–Kier alpha value is 0.310. The average Bonchev–Trinajstić information content (AvgIpc) is 2.16. The highest BCUT2D eigenvalue weighted by molar-refractivity contribution is 7.99. The Labute approximate surface area is 98.8 Å². The van der Waals surface area contributed by atoms with Crippen LogP contribution in [0.4, 0.5) is 0 Å². The third kappa shape index (κ3) is 3.39. The van der Waals surface area contributed by atoms with E-state index in [0.29, 0.717) is 0 Å².